The second kappa shape index (κ2) is 9.09. The number of anilines is 1. The van der Waals surface area contributed by atoms with Gasteiger partial charge in [-0.25, -0.2) is 18.2 Å². The summed E-state index contributed by atoms with van der Waals surface area (Å²) in [5.41, 5.74) is 1.31. The van der Waals surface area contributed by atoms with E-state index in [9.17, 15) is 23.3 Å². The molecule has 1 saturated heterocycles. The molecule has 0 aromatic carbocycles. The first-order valence-corrected chi connectivity index (χ1v) is 11.2. The third-order valence-corrected chi connectivity index (χ3v) is 5.95. The first-order chi connectivity index (χ1) is 14.7. The van der Waals surface area contributed by atoms with Crippen molar-refractivity contribution in [1.29, 1.82) is 5.26 Å². The van der Waals surface area contributed by atoms with Gasteiger partial charge in [0.05, 0.1) is 35.1 Å². The standard InChI is InChI=1S/C20H21N5O5S/c1-3-30-20(27)17-8-15(9-21)18(23-13(17)2)25-10-16(11-25)19(26)24-31(28,29)12-14-4-6-22-7-5-14/h4-8,16H,3,10-12H2,1-2H3,(H,24,26). The van der Waals surface area contributed by atoms with Crippen molar-refractivity contribution in [3.63, 3.8) is 0 Å². The number of carbonyl (C=O) groups excluding carboxylic acids is 2. The molecule has 3 heterocycles. The molecule has 1 fully saturated rings. The van der Waals surface area contributed by atoms with E-state index >= 15 is 0 Å². The van der Waals surface area contributed by atoms with Crippen LogP contribution in [0, 0.1) is 24.2 Å². The minimum absolute atomic E-state index is 0.179. The average molecular weight is 443 g/mol. The number of nitrogens with zero attached hydrogens (tertiary/aromatic N) is 4. The number of hydrogen-bond donors (Lipinski definition) is 1. The van der Waals surface area contributed by atoms with E-state index in [-0.39, 0.29) is 36.6 Å². The number of ether oxygens (including phenoxy) is 1. The molecule has 0 spiro atoms. The minimum atomic E-state index is -3.84. The first kappa shape index (κ1) is 22.2. The van der Waals surface area contributed by atoms with E-state index in [1.807, 2.05) is 6.07 Å². The Morgan fingerprint density at radius 3 is 2.61 bits per heavy atom. The number of amides is 1. The molecule has 31 heavy (non-hydrogen) atoms. The fourth-order valence-corrected chi connectivity index (χ4v) is 4.30. The van der Waals surface area contributed by atoms with Crippen molar-refractivity contribution in [3.8, 4) is 6.07 Å². The van der Waals surface area contributed by atoms with Crippen molar-refractivity contribution in [1.82, 2.24) is 14.7 Å². The van der Waals surface area contributed by atoms with Crippen LogP contribution in [-0.2, 0) is 25.3 Å². The molecular formula is C20H21N5O5S. The monoisotopic (exact) mass is 443 g/mol. The molecule has 0 unspecified atom stereocenters. The van der Waals surface area contributed by atoms with Crippen LogP contribution in [0.25, 0.3) is 0 Å². The summed E-state index contributed by atoms with van der Waals surface area (Å²) in [6, 6.07) is 6.55. The second-order valence-electron chi connectivity index (χ2n) is 7.01. The Morgan fingerprint density at radius 1 is 1.32 bits per heavy atom. The first-order valence-electron chi connectivity index (χ1n) is 9.51. The maximum Gasteiger partial charge on any atom is 0.340 e. The molecule has 2 aromatic rings. The van der Waals surface area contributed by atoms with Gasteiger partial charge in [0.1, 0.15) is 11.9 Å². The molecule has 0 aliphatic carbocycles. The SMILES string of the molecule is CCOC(=O)c1cc(C#N)c(N2CC(C(=O)NS(=O)(=O)Cc3ccncc3)C2)nc1C. The highest BCUT2D eigenvalue weighted by molar-refractivity contribution is 7.89. The van der Waals surface area contributed by atoms with Gasteiger partial charge in [0, 0.05) is 25.5 Å². The lowest BCUT2D eigenvalue weighted by Gasteiger charge is -2.39. The quantitative estimate of drug-likeness (QED) is 0.618. The van der Waals surface area contributed by atoms with Crippen molar-refractivity contribution in [2.24, 2.45) is 5.92 Å². The summed E-state index contributed by atoms with van der Waals surface area (Å²) in [5.74, 6) is -1.71. The van der Waals surface area contributed by atoms with Gasteiger partial charge in [-0.1, -0.05) is 0 Å². The molecule has 0 atom stereocenters. The lowest BCUT2D eigenvalue weighted by Crippen LogP contribution is -2.55. The Kier molecular flexibility index (Phi) is 6.50. The van der Waals surface area contributed by atoms with Crippen molar-refractivity contribution >= 4 is 27.7 Å². The molecule has 0 radical (unpaired) electrons. The molecule has 2 aromatic heterocycles. The van der Waals surface area contributed by atoms with Crippen LogP contribution in [0.4, 0.5) is 5.82 Å². The Hall–Kier alpha value is -3.52. The predicted octanol–water partition coefficient (Wildman–Crippen LogP) is 0.916. The van der Waals surface area contributed by atoms with Crippen LogP contribution in [0.15, 0.2) is 30.6 Å². The van der Waals surface area contributed by atoms with Gasteiger partial charge in [0.2, 0.25) is 15.9 Å². The fourth-order valence-electron chi connectivity index (χ4n) is 3.12. The summed E-state index contributed by atoms with van der Waals surface area (Å²) in [7, 11) is -3.84. The van der Waals surface area contributed by atoms with Crippen LogP contribution in [0.1, 0.15) is 34.1 Å². The van der Waals surface area contributed by atoms with E-state index in [1.54, 1.807) is 30.9 Å². The molecule has 1 amide bonds. The van der Waals surface area contributed by atoms with Crippen LogP contribution in [0.2, 0.25) is 0 Å². The largest absolute Gasteiger partial charge is 0.462 e. The van der Waals surface area contributed by atoms with E-state index < -0.39 is 27.8 Å². The topological polar surface area (TPSA) is 142 Å². The van der Waals surface area contributed by atoms with Gasteiger partial charge in [-0.05, 0) is 37.6 Å². The predicted molar refractivity (Wildman–Crippen MR) is 110 cm³/mol. The van der Waals surface area contributed by atoms with Gasteiger partial charge in [0.15, 0.2) is 0 Å². The fraction of sp³-hybridized carbons (Fsp3) is 0.350. The highest BCUT2D eigenvalue weighted by atomic mass is 32.2. The molecular weight excluding hydrogens is 422 g/mol. The number of hydrogen-bond acceptors (Lipinski definition) is 9. The Morgan fingerprint density at radius 2 is 2.00 bits per heavy atom. The van der Waals surface area contributed by atoms with E-state index in [1.165, 1.54) is 18.5 Å². The van der Waals surface area contributed by atoms with Gasteiger partial charge in [0.25, 0.3) is 0 Å². The normalized spacial score (nSPS) is 13.8. The van der Waals surface area contributed by atoms with Crippen molar-refractivity contribution in [2.75, 3.05) is 24.6 Å². The highest BCUT2D eigenvalue weighted by Crippen LogP contribution is 2.28. The number of pyridine rings is 2. The zero-order valence-electron chi connectivity index (χ0n) is 17.0. The zero-order chi connectivity index (χ0) is 22.6. The highest BCUT2D eigenvalue weighted by Gasteiger charge is 2.36. The van der Waals surface area contributed by atoms with Crippen LogP contribution in [0.3, 0.4) is 0 Å². The lowest BCUT2D eigenvalue weighted by atomic mass is 9.98. The number of sulfonamides is 1. The van der Waals surface area contributed by atoms with E-state index in [4.69, 9.17) is 4.74 Å². The summed E-state index contributed by atoms with van der Waals surface area (Å²) in [6.07, 6.45) is 2.96. The van der Waals surface area contributed by atoms with Gasteiger partial charge in [-0.3, -0.25) is 14.5 Å². The van der Waals surface area contributed by atoms with Crippen LogP contribution >= 0.6 is 0 Å². The molecule has 162 valence electrons. The second-order valence-corrected chi connectivity index (χ2v) is 8.73. The zero-order valence-corrected chi connectivity index (χ0v) is 17.8. The number of aromatic nitrogens is 2. The van der Waals surface area contributed by atoms with E-state index in [0.29, 0.717) is 17.1 Å². The summed E-state index contributed by atoms with van der Waals surface area (Å²) in [5, 5.41) is 9.45. The van der Waals surface area contributed by atoms with Crippen LogP contribution in [-0.4, -0.2) is 50.0 Å². The number of rotatable bonds is 7. The summed E-state index contributed by atoms with van der Waals surface area (Å²) < 4.78 is 31.5. The maximum atomic E-state index is 12.4. The molecule has 10 nitrogen and oxygen atoms in total. The van der Waals surface area contributed by atoms with Crippen LogP contribution in [0.5, 0.6) is 0 Å². The van der Waals surface area contributed by atoms with Crippen molar-refractivity contribution in [3.05, 3.63) is 53.0 Å². The summed E-state index contributed by atoms with van der Waals surface area (Å²) >= 11 is 0. The van der Waals surface area contributed by atoms with Gasteiger partial charge in [-0.2, -0.15) is 5.26 Å². The Labute approximate surface area is 179 Å². The number of esters is 1. The number of carbonyl (C=O) groups is 2. The average Bonchev–Trinajstić information content (AvgIpc) is 2.67. The molecule has 3 rings (SSSR count). The summed E-state index contributed by atoms with van der Waals surface area (Å²) in [6.45, 7) is 3.93. The Bertz CT molecular complexity index is 1140. The maximum absolute atomic E-state index is 12.4. The van der Waals surface area contributed by atoms with Gasteiger partial charge in [-0.15, -0.1) is 0 Å². The molecule has 1 aliphatic heterocycles. The molecule has 0 saturated carbocycles. The minimum Gasteiger partial charge on any atom is -0.462 e. The van der Waals surface area contributed by atoms with Gasteiger partial charge >= 0.3 is 5.97 Å². The van der Waals surface area contributed by atoms with E-state index in [2.05, 4.69) is 14.7 Å². The van der Waals surface area contributed by atoms with Gasteiger partial charge < -0.3 is 9.64 Å². The smallest absolute Gasteiger partial charge is 0.340 e. The van der Waals surface area contributed by atoms with E-state index in [0.717, 1.165) is 0 Å². The molecule has 1 N–H and O–H groups in total. The molecule has 0 bridgehead atoms. The number of nitriles is 1. The Balaban J connectivity index is 1.65. The molecule has 1 aliphatic rings. The number of aryl methyl sites for hydroxylation is 1. The van der Waals surface area contributed by atoms with Crippen LogP contribution < -0.4 is 9.62 Å². The number of nitrogens with one attached hydrogen (secondary N) is 1. The van der Waals surface area contributed by atoms with Crippen molar-refractivity contribution in [2.45, 2.75) is 19.6 Å². The third-order valence-electron chi connectivity index (χ3n) is 4.72. The lowest BCUT2D eigenvalue weighted by molar-refractivity contribution is -0.123. The molecule has 11 heteroatoms. The van der Waals surface area contributed by atoms with Crippen molar-refractivity contribution < 1.29 is 22.7 Å². The third kappa shape index (κ3) is 5.16. The summed E-state index contributed by atoms with van der Waals surface area (Å²) in [4.78, 5) is 34.2.